The lowest BCUT2D eigenvalue weighted by Crippen LogP contribution is -2.50. The van der Waals surface area contributed by atoms with Gasteiger partial charge in [0.15, 0.2) is 0 Å². The van der Waals surface area contributed by atoms with E-state index in [9.17, 15) is 13.2 Å². The molecule has 1 heterocycles. The predicted octanol–water partition coefficient (Wildman–Crippen LogP) is 3.59. The molecule has 0 radical (unpaired) electrons. The third-order valence-corrected chi connectivity index (χ3v) is 7.68. The Kier molecular flexibility index (Phi) is 6.51. The molecule has 0 spiro atoms. The summed E-state index contributed by atoms with van der Waals surface area (Å²) in [6.45, 7) is 1.08. The summed E-state index contributed by atoms with van der Waals surface area (Å²) in [4.78, 5) is 14.7. The van der Waals surface area contributed by atoms with E-state index in [-0.39, 0.29) is 29.7 Å². The first-order chi connectivity index (χ1) is 15.7. The van der Waals surface area contributed by atoms with Crippen molar-refractivity contribution >= 4 is 50.2 Å². The number of nitrogens with two attached hydrogens (primary N) is 1. The Hall–Kier alpha value is -3.20. The van der Waals surface area contributed by atoms with Crippen molar-refractivity contribution in [1.82, 2.24) is 9.21 Å². The summed E-state index contributed by atoms with van der Waals surface area (Å²) in [5.41, 5.74) is 6.67. The molecule has 1 fully saturated rings. The molecule has 0 bridgehead atoms. The maximum absolute atomic E-state index is 13.2. The van der Waals surface area contributed by atoms with E-state index >= 15 is 0 Å². The monoisotopic (exact) mass is 482 g/mol. The molecule has 4 rings (SSSR count). The molecule has 3 aromatic rings. The van der Waals surface area contributed by atoms with Crippen LogP contribution in [0.3, 0.4) is 0 Å². The van der Waals surface area contributed by atoms with E-state index in [1.807, 2.05) is 0 Å². The number of nitrogens with one attached hydrogen (secondary N) is 1. The molecule has 1 aliphatic rings. The molecule has 1 saturated heterocycles. The van der Waals surface area contributed by atoms with Gasteiger partial charge >= 0.3 is 0 Å². The number of hydrogen-bond donors (Lipinski definition) is 2. The number of fused-ring (bicyclic) bond motifs is 1. The second-order valence-electron chi connectivity index (χ2n) is 7.76. The van der Waals surface area contributed by atoms with Crippen molar-refractivity contribution in [2.45, 2.75) is 4.90 Å². The summed E-state index contributed by atoms with van der Waals surface area (Å²) in [6.07, 6.45) is 3.17. The van der Waals surface area contributed by atoms with Crippen LogP contribution in [0, 0.1) is 5.41 Å². The van der Waals surface area contributed by atoms with Crippen LogP contribution >= 0.6 is 11.6 Å². The number of nitrogens with zero attached hydrogens (tertiary/aromatic N) is 2. The van der Waals surface area contributed by atoms with E-state index in [0.717, 1.165) is 16.3 Å². The average Bonchev–Trinajstić information content (AvgIpc) is 2.82. The van der Waals surface area contributed by atoms with Crippen molar-refractivity contribution in [3.63, 3.8) is 0 Å². The van der Waals surface area contributed by atoms with Crippen LogP contribution in [0.5, 0.6) is 0 Å². The van der Waals surface area contributed by atoms with Gasteiger partial charge in [0.1, 0.15) is 5.84 Å². The molecule has 7 nitrogen and oxygen atoms in total. The summed E-state index contributed by atoms with van der Waals surface area (Å²) in [6, 6.07) is 17.3. The number of amides is 1. The van der Waals surface area contributed by atoms with Crippen LogP contribution in [0.1, 0.15) is 15.9 Å². The number of carbonyl (C=O) groups excluding carboxylic acids is 1. The Bertz CT molecular complexity index is 1350. The van der Waals surface area contributed by atoms with Gasteiger partial charge in [0.25, 0.3) is 5.91 Å². The largest absolute Gasteiger partial charge is 0.384 e. The van der Waals surface area contributed by atoms with Crippen LogP contribution in [0.4, 0.5) is 0 Å². The van der Waals surface area contributed by atoms with Gasteiger partial charge in [0.05, 0.1) is 4.90 Å². The fraction of sp³-hybridized carbons (Fsp3) is 0.167. The quantitative estimate of drug-likeness (QED) is 0.428. The van der Waals surface area contributed by atoms with E-state index in [2.05, 4.69) is 0 Å². The van der Waals surface area contributed by atoms with E-state index in [0.29, 0.717) is 23.7 Å². The van der Waals surface area contributed by atoms with Gasteiger partial charge in [-0.1, -0.05) is 41.9 Å². The predicted molar refractivity (Wildman–Crippen MR) is 131 cm³/mol. The molecule has 1 aliphatic heterocycles. The van der Waals surface area contributed by atoms with Gasteiger partial charge < -0.3 is 10.6 Å². The maximum Gasteiger partial charge on any atom is 0.253 e. The maximum atomic E-state index is 13.2. The minimum absolute atomic E-state index is 0.0453. The Morgan fingerprint density at radius 2 is 1.58 bits per heavy atom. The summed E-state index contributed by atoms with van der Waals surface area (Å²) in [7, 11) is -3.67. The van der Waals surface area contributed by atoms with Gasteiger partial charge in [-0.2, -0.15) is 4.31 Å². The summed E-state index contributed by atoms with van der Waals surface area (Å²) < 4.78 is 27.7. The second-order valence-corrected chi connectivity index (χ2v) is 10.1. The normalized spacial score (nSPS) is 15.2. The van der Waals surface area contributed by atoms with Gasteiger partial charge in [-0.3, -0.25) is 10.2 Å². The highest BCUT2D eigenvalue weighted by Crippen LogP contribution is 2.25. The third kappa shape index (κ3) is 5.08. The van der Waals surface area contributed by atoms with Crippen LogP contribution in [0.2, 0.25) is 5.02 Å². The molecular weight excluding hydrogens is 460 g/mol. The van der Waals surface area contributed by atoms with Crippen molar-refractivity contribution < 1.29 is 13.2 Å². The minimum Gasteiger partial charge on any atom is -0.384 e. The number of benzene rings is 3. The number of rotatable bonds is 5. The number of halogens is 1. The molecule has 0 saturated carbocycles. The van der Waals surface area contributed by atoms with Gasteiger partial charge in [-0.05, 0) is 58.8 Å². The van der Waals surface area contributed by atoms with Gasteiger partial charge in [-0.25, -0.2) is 8.42 Å². The van der Waals surface area contributed by atoms with Crippen molar-refractivity contribution in [1.29, 1.82) is 5.41 Å². The number of sulfonamides is 1. The van der Waals surface area contributed by atoms with Crippen molar-refractivity contribution in [3.05, 3.63) is 82.9 Å². The van der Waals surface area contributed by atoms with Crippen LogP contribution in [-0.2, 0) is 10.0 Å². The highest BCUT2D eigenvalue weighted by molar-refractivity contribution is 7.89. The lowest BCUT2D eigenvalue weighted by molar-refractivity contribution is 0.0698. The zero-order chi connectivity index (χ0) is 23.6. The Balaban J connectivity index is 1.43. The summed E-state index contributed by atoms with van der Waals surface area (Å²) >= 11 is 6.01. The fourth-order valence-electron chi connectivity index (χ4n) is 3.74. The molecule has 0 aliphatic carbocycles. The van der Waals surface area contributed by atoms with Crippen molar-refractivity contribution in [2.75, 3.05) is 26.2 Å². The highest BCUT2D eigenvalue weighted by atomic mass is 35.5. The molecule has 1 amide bonds. The number of piperazine rings is 1. The van der Waals surface area contributed by atoms with Crippen LogP contribution in [0.25, 0.3) is 16.8 Å². The van der Waals surface area contributed by atoms with E-state index in [1.165, 1.54) is 10.4 Å². The Labute approximate surface area is 197 Å². The van der Waals surface area contributed by atoms with E-state index in [4.69, 9.17) is 22.7 Å². The lowest BCUT2D eigenvalue weighted by Gasteiger charge is -2.34. The van der Waals surface area contributed by atoms with Crippen LogP contribution in [-0.4, -0.2) is 55.5 Å². The standard InChI is InChI=1S/C24H23ClN4O3S/c25-21-8-6-20-16-22(9-7-19(20)15-21)33(31,32)29-13-11-28(12-14-29)24(30)18-4-1-17(2-5-18)3-10-23(26)27/h1-10,15-16H,11-14H2,(H3,26,27). The molecule has 0 unspecified atom stereocenters. The smallest absolute Gasteiger partial charge is 0.253 e. The number of amidine groups is 1. The van der Waals surface area contributed by atoms with Gasteiger partial charge in [-0.15, -0.1) is 0 Å². The summed E-state index contributed by atoms with van der Waals surface area (Å²) in [5, 5.41) is 9.50. The lowest BCUT2D eigenvalue weighted by atomic mass is 10.1. The SMILES string of the molecule is N=C(N)C=Cc1ccc(C(=O)N2CCN(S(=O)(=O)c3ccc4cc(Cl)ccc4c3)CC2)cc1. The van der Waals surface area contributed by atoms with E-state index < -0.39 is 10.0 Å². The van der Waals surface area contributed by atoms with E-state index in [1.54, 1.807) is 71.6 Å². The molecular formula is C24H23ClN4O3S. The third-order valence-electron chi connectivity index (χ3n) is 5.55. The molecule has 3 N–H and O–H groups in total. The molecule has 0 aromatic heterocycles. The summed E-state index contributed by atoms with van der Waals surface area (Å²) in [5.74, 6) is -0.187. The van der Waals surface area contributed by atoms with Crippen LogP contribution < -0.4 is 5.73 Å². The Morgan fingerprint density at radius 3 is 2.24 bits per heavy atom. The first kappa shape index (κ1) is 23.0. The zero-order valence-electron chi connectivity index (χ0n) is 17.7. The average molecular weight is 483 g/mol. The molecule has 3 aromatic carbocycles. The topological polar surface area (TPSA) is 108 Å². The van der Waals surface area contributed by atoms with Crippen LogP contribution in [0.15, 0.2) is 71.6 Å². The van der Waals surface area contributed by atoms with Crippen molar-refractivity contribution in [2.24, 2.45) is 5.73 Å². The second kappa shape index (κ2) is 9.35. The minimum atomic E-state index is -3.67. The number of carbonyl (C=O) groups is 1. The first-order valence-electron chi connectivity index (χ1n) is 10.3. The molecule has 9 heteroatoms. The molecule has 0 atom stereocenters. The van der Waals surface area contributed by atoms with Gasteiger partial charge in [0, 0.05) is 36.8 Å². The fourth-order valence-corrected chi connectivity index (χ4v) is 5.38. The highest BCUT2D eigenvalue weighted by Gasteiger charge is 2.30. The Morgan fingerprint density at radius 1 is 0.939 bits per heavy atom. The first-order valence-corrected chi connectivity index (χ1v) is 12.2. The van der Waals surface area contributed by atoms with Crippen molar-refractivity contribution in [3.8, 4) is 0 Å². The molecule has 170 valence electrons. The number of hydrogen-bond acceptors (Lipinski definition) is 4. The molecule has 33 heavy (non-hydrogen) atoms. The zero-order valence-corrected chi connectivity index (χ0v) is 19.3. The van der Waals surface area contributed by atoms with Gasteiger partial charge in [0.2, 0.25) is 10.0 Å².